The maximum Gasteiger partial charge on any atom is 0.306 e. The summed E-state index contributed by atoms with van der Waals surface area (Å²) in [5.74, 6) is 0.613. The van der Waals surface area contributed by atoms with Gasteiger partial charge < -0.3 is 4.74 Å². The first-order chi connectivity index (χ1) is 6.68. The zero-order valence-corrected chi connectivity index (χ0v) is 10.4. The van der Waals surface area contributed by atoms with Crippen molar-refractivity contribution >= 4 is 15.7 Å². The summed E-state index contributed by atoms with van der Waals surface area (Å²) in [5, 5.41) is 0. The summed E-state index contributed by atoms with van der Waals surface area (Å²) in [7, 11) is -2.39. The van der Waals surface area contributed by atoms with E-state index in [1.807, 2.05) is 20.8 Å². The van der Waals surface area contributed by atoms with Gasteiger partial charge in [-0.2, -0.15) is 0 Å². The molecule has 4 nitrogen and oxygen atoms in total. The van der Waals surface area contributed by atoms with Crippen LogP contribution in [0.25, 0.3) is 0 Å². The molecule has 0 aliphatic carbocycles. The molecule has 0 aromatic heterocycles. The van der Waals surface area contributed by atoms with Gasteiger partial charge >= 0.3 is 5.97 Å². The lowest BCUT2D eigenvalue weighted by Crippen LogP contribution is -2.25. The van der Waals surface area contributed by atoms with E-state index >= 15 is 0 Å². The smallest absolute Gasteiger partial charge is 0.306 e. The quantitative estimate of drug-likeness (QED) is 0.739. The van der Waals surface area contributed by atoms with Crippen LogP contribution in [0.5, 0.6) is 0 Å². The Morgan fingerprint density at radius 2 is 2.13 bits per heavy atom. The van der Waals surface area contributed by atoms with Crippen LogP contribution in [0.2, 0.25) is 0 Å². The van der Waals surface area contributed by atoms with Crippen LogP contribution in [0, 0.1) is 10.7 Å². The van der Waals surface area contributed by atoms with Crippen molar-refractivity contribution in [2.24, 2.45) is 5.92 Å². The molecule has 88 valence electrons. The van der Waals surface area contributed by atoms with Crippen molar-refractivity contribution in [2.75, 3.05) is 11.5 Å². The van der Waals surface area contributed by atoms with Crippen molar-refractivity contribution in [2.45, 2.75) is 39.2 Å². The highest BCUT2D eigenvalue weighted by Crippen LogP contribution is 2.23. The normalized spacial score (nSPS) is 31.5. The van der Waals surface area contributed by atoms with Gasteiger partial charge in [-0.25, -0.2) is 4.21 Å². The average molecular weight is 233 g/mol. The molecular weight excluding hydrogens is 214 g/mol. The Hall–Kier alpha value is -0.580. The van der Waals surface area contributed by atoms with Gasteiger partial charge in [-0.3, -0.25) is 9.57 Å². The van der Waals surface area contributed by atoms with E-state index in [0.717, 1.165) is 0 Å². The van der Waals surface area contributed by atoms with Gasteiger partial charge in [0.25, 0.3) is 0 Å². The molecule has 1 aliphatic rings. The maximum atomic E-state index is 11.4. The van der Waals surface area contributed by atoms with Gasteiger partial charge in [0.05, 0.1) is 0 Å². The van der Waals surface area contributed by atoms with Crippen molar-refractivity contribution in [3.63, 3.8) is 0 Å². The van der Waals surface area contributed by atoms with Crippen molar-refractivity contribution in [1.29, 1.82) is 4.78 Å². The van der Waals surface area contributed by atoms with E-state index in [4.69, 9.17) is 9.52 Å². The molecule has 0 aromatic rings. The zero-order chi connectivity index (χ0) is 11.7. The highest BCUT2D eigenvalue weighted by Gasteiger charge is 2.28. The number of rotatable bonds is 2. The monoisotopic (exact) mass is 233 g/mol. The summed E-state index contributed by atoms with van der Waals surface area (Å²) >= 11 is 0. The first-order valence-electron chi connectivity index (χ1n) is 5.14. The zero-order valence-electron chi connectivity index (χ0n) is 9.54. The lowest BCUT2D eigenvalue weighted by Gasteiger charge is -2.20. The Bertz CT molecular complexity index is 340. The molecule has 0 amide bonds. The minimum atomic E-state index is -2.39. The van der Waals surface area contributed by atoms with E-state index in [9.17, 15) is 9.00 Å². The molecule has 1 fully saturated rings. The van der Waals surface area contributed by atoms with Crippen LogP contribution in [0.1, 0.15) is 33.6 Å². The van der Waals surface area contributed by atoms with Crippen LogP contribution in [-0.4, -0.2) is 27.3 Å². The number of hydrogen-bond donors (Lipinski definition) is 1. The van der Waals surface area contributed by atoms with Gasteiger partial charge in [0.2, 0.25) is 0 Å². The van der Waals surface area contributed by atoms with E-state index in [1.165, 1.54) is 0 Å². The van der Waals surface area contributed by atoms with Crippen LogP contribution < -0.4 is 0 Å². The predicted octanol–water partition coefficient (Wildman–Crippen LogP) is 1.78. The van der Waals surface area contributed by atoms with Crippen LogP contribution in [0.3, 0.4) is 0 Å². The van der Waals surface area contributed by atoms with Crippen molar-refractivity contribution in [3.8, 4) is 0 Å². The lowest BCUT2D eigenvalue weighted by molar-refractivity contribution is -0.155. The lowest BCUT2D eigenvalue weighted by atomic mass is 10.1. The Labute approximate surface area is 91.4 Å². The summed E-state index contributed by atoms with van der Waals surface area (Å²) in [5.41, 5.74) is -0.460. The second-order valence-corrected chi connectivity index (χ2v) is 7.49. The van der Waals surface area contributed by atoms with Gasteiger partial charge in [-0.05, 0) is 33.1 Å². The van der Waals surface area contributed by atoms with E-state index < -0.39 is 15.3 Å². The molecule has 2 atom stereocenters. The topological polar surface area (TPSA) is 67.2 Å². The SMILES string of the molecule is CC(C)(C)OC(=O)C[C@H]1CCS(=N)(=O)C1. The largest absolute Gasteiger partial charge is 0.460 e. The summed E-state index contributed by atoms with van der Waals surface area (Å²) in [6.07, 6.45) is 1.01. The molecule has 1 rings (SSSR count). The highest BCUT2D eigenvalue weighted by molar-refractivity contribution is 7.92. The molecule has 0 radical (unpaired) electrons. The Kier molecular flexibility index (Phi) is 3.43. The van der Waals surface area contributed by atoms with Crippen molar-refractivity contribution in [3.05, 3.63) is 0 Å². The molecule has 0 aromatic carbocycles. The van der Waals surface area contributed by atoms with E-state index in [2.05, 4.69) is 0 Å². The number of hydrogen-bond acceptors (Lipinski definition) is 4. The molecule has 0 saturated carbocycles. The Morgan fingerprint density at radius 3 is 2.53 bits per heavy atom. The molecule has 5 heteroatoms. The molecule has 1 saturated heterocycles. The summed E-state index contributed by atoms with van der Waals surface area (Å²) in [6.45, 7) is 5.48. The highest BCUT2D eigenvalue weighted by atomic mass is 32.2. The molecule has 15 heavy (non-hydrogen) atoms. The minimum Gasteiger partial charge on any atom is -0.460 e. The van der Waals surface area contributed by atoms with Crippen LogP contribution in [-0.2, 0) is 19.3 Å². The van der Waals surface area contributed by atoms with Gasteiger partial charge in [0, 0.05) is 27.7 Å². The van der Waals surface area contributed by atoms with E-state index in [1.54, 1.807) is 0 Å². The third kappa shape index (κ3) is 4.64. The molecular formula is C10H19NO3S. The summed E-state index contributed by atoms with van der Waals surface area (Å²) < 4.78 is 24.0. The number of nitrogens with one attached hydrogen (secondary N) is 1. The second kappa shape index (κ2) is 4.12. The number of esters is 1. The van der Waals surface area contributed by atoms with Crippen LogP contribution in [0.15, 0.2) is 0 Å². The van der Waals surface area contributed by atoms with Crippen LogP contribution >= 0.6 is 0 Å². The van der Waals surface area contributed by atoms with Gasteiger partial charge in [0.15, 0.2) is 0 Å². The summed E-state index contributed by atoms with van der Waals surface area (Å²) in [4.78, 5) is 11.4. The fourth-order valence-electron chi connectivity index (χ4n) is 1.68. The maximum absolute atomic E-state index is 11.4. The first-order valence-corrected chi connectivity index (χ1v) is 7.04. The average Bonchev–Trinajstić information content (AvgIpc) is 2.25. The van der Waals surface area contributed by atoms with E-state index in [0.29, 0.717) is 24.3 Å². The fraction of sp³-hybridized carbons (Fsp3) is 0.900. The first kappa shape index (κ1) is 12.5. The number of ether oxygens (including phenoxy) is 1. The van der Waals surface area contributed by atoms with Crippen LogP contribution in [0.4, 0.5) is 0 Å². The fourth-order valence-corrected chi connectivity index (χ4v) is 3.61. The third-order valence-corrected chi connectivity index (χ3v) is 4.14. The summed E-state index contributed by atoms with van der Waals surface area (Å²) in [6, 6.07) is 0. The molecule has 1 N–H and O–H groups in total. The Morgan fingerprint density at radius 1 is 1.53 bits per heavy atom. The third-order valence-electron chi connectivity index (χ3n) is 2.24. The van der Waals surface area contributed by atoms with Crippen molar-refractivity contribution < 1.29 is 13.7 Å². The van der Waals surface area contributed by atoms with Crippen molar-refractivity contribution in [1.82, 2.24) is 0 Å². The predicted molar refractivity (Wildman–Crippen MR) is 59.2 cm³/mol. The molecule has 1 unspecified atom stereocenters. The van der Waals surface area contributed by atoms with E-state index in [-0.39, 0.29) is 11.9 Å². The molecule has 1 aliphatic heterocycles. The molecule has 0 spiro atoms. The van der Waals surface area contributed by atoms with Gasteiger partial charge in [0.1, 0.15) is 5.60 Å². The number of carbonyl (C=O) groups is 1. The minimum absolute atomic E-state index is 0.0739. The number of carbonyl (C=O) groups excluding carboxylic acids is 1. The Balaban J connectivity index is 2.41. The molecule has 1 heterocycles. The standard InChI is InChI=1S/C10H19NO3S/c1-10(2,3)14-9(12)6-8-4-5-15(11,13)7-8/h8,11H,4-7H2,1-3H3/t8-,15?/m1/s1. The van der Waals surface area contributed by atoms with Gasteiger partial charge in [-0.15, -0.1) is 0 Å². The van der Waals surface area contributed by atoms with Gasteiger partial charge in [-0.1, -0.05) is 0 Å². The molecule has 0 bridgehead atoms. The second-order valence-electron chi connectivity index (χ2n) is 5.13.